The van der Waals surface area contributed by atoms with Crippen LogP contribution < -0.4 is 0 Å². The molecule has 2 heterocycles. The van der Waals surface area contributed by atoms with E-state index in [-0.39, 0.29) is 13.2 Å². The van der Waals surface area contributed by atoms with Crippen molar-refractivity contribution in [3.8, 4) is 0 Å². The number of tetrazole rings is 1. The molecule has 12 heavy (non-hydrogen) atoms. The summed E-state index contributed by atoms with van der Waals surface area (Å²) in [5.74, 6) is -0.971. The summed E-state index contributed by atoms with van der Waals surface area (Å²) in [6, 6.07) is 0. The summed E-state index contributed by atoms with van der Waals surface area (Å²) in [7, 11) is 0. The number of carboxylic acid groups (broad SMARTS) is 1. The largest absolute Gasteiger partial charge is 0.479 e. The molecule has 1 N–H and O–H groups in total. The van der Waals surface area contributed by atoms with E-state index >= 15 is 0 Å². The van der Waals surface area contributed by atoms with E-state index in [1.807, 2.05) is 0 Å². The van der Waals surface area contributed by atoms with E-state index in [1.165, 1.54) is 11.0 Å². The van der Waals surface area contributed by atoms with Crippen molar-refractivity contribution in [1.29, 1.82) is 0 Å². The van der Waals surface area contributed by atoms with Gasteiger partial charge in [0.1, 0.15) is 6.33 Å². The fourth-order valence-electron chi connectivity index (χ4n) is 1.01. The zero-order valence-electron chi connectivity index (χ0n) is 6.04. The van der Waals surface area contributed by atoms with Crippen LogP contribution in [0.1, 0.15) is 0 Å². The van der Waals surface area contributed by atoms with Gasteiger partial charge in [0.15, 0.2) is 0 Å². The first-order valence-corrected chi connectivity index (χ1v) is 3.30. The van der Waals surface area contributed by atoms with Crippen molar-refractivity contribution in [1.82, 2.24) is 20.2 Å². The van der Waals surface area contributed by atoms with Gasteiger partial charge in [-0.1, -0.05) is 0 Å². The van der Waals surface area contributed by atoms with Gasteiger partial charge in [-0.15, -0.1) is 5.10 Å². The van der Waals surface area contributed by atoms with Crippen LogP contribution in [0.5, 0.6) is 0 Å². The molecule has 0 aromatic carbocycles. The highest BCUT2D eigenvalue weighted by Crippen LogP contribution is 2.24. The highest BCUT2D eigenvalue weighted by molar-refractivity contribution is 5.77. The topological polar surface area (TPSA) is 90.1 Å². The van der Waals surface area contributed by atoms with Crippen molar-refractivity contribution < 1.29 is 14.6 Å². The number of ether oxygens (including phenoxy) is 1. The Balaban J connectivity index is 2.35. The van der Waals surface area contributed by atoms with Crippen molar-refractivity contribution in [3.05, 3.63) is 6.33 Å². The van der Waals surface area contributed by atoms with E-state index in [1.54, 1.807) is 0 Å². The molecule has 1 saturated heterocycles. The van der Waals surface area contributed by atoms with Gasteiger partial charge in [-0.05, 0) is 10.4 Å². The van der Waals surface area contributed by atoms with Crippen LogP contribution in [0.3, 0.4) is 0 Å². The Morgan fingerprint density at radius 2 is 2.42 bits per heavy atom. The van der Waals surface area contributed by atoms with E-state index < -0.39 is 11.5 Å². The number of carboxylic acids is 1. The molecule has 0 unspecified atom stereocenters. The number of hydrogen-bond acceptors (Lipinski definition) is 5. The minimum absolute atomic E-state index is 0.118. The summed E-state index contributed by atoms with van der Waals surface area (Å²) in [6.07, 6.45) is 1.27. The zero-order chi connectivity index (χ0) is 8.60. The highest BCUT2D eigenvalue weighted by Gasteiger charge is 2.49. The molecule has 0 bridgehead atoms. The molecule has 0 saturated carbocycles. The fraction of sp³-hybridized carbons (Fsp3) is 0.600. The van der Waals surface area contributed by atoms with E-state index in [4.69, 9.17) is 9.84 Å². The summed E-state index contributed by atoms with van der Waals surface area (Å²) in [5.41, 5.74) is -1.08. The predicted molar refractivity (Wildman–Crippen MR) is 34.2 cm³/mol. The molecular formula is C5H6N4O3. The fourth-order valence-corrected chi connectivity index (χ4v) is 1.01. The monoisotopic (exact) mass is 170 g/mol. The summed E-state index contributed by atoms with van der Waals surface area (Å²) in [5, 5.41) is 19.1. The highest BCUT2D eigenvalue weighted by atomic mass is 16.5. The quantitative estimate of drug-likeness (QED) is 0.579. The van der Waals surface area contributed by atoms with E-state index in [9.17, 15) is 4.79 Å². The van der Waals surface area contributed by atoms with Gasteiger partial charge in [-0.25, -0.2) is 9.48 Å². The molecular weight excluding hydrogens is 164 g/mol. The van der Waals surface area contributed by atoms with Gasteiger partial charge in [0.25, 0.3) is 0 Å². The first-order valence-electron chi connectivity index (χ1n) is 3.30. The Kier molecular flexibility index (Phi) is 1.34. The van der Waals surface area contributed by atoms with E-state index in [0.29, 0.717) is 0 Å². The lowest BCUT2D eigenvalue weighted by Crippen LogP contribution is -2.57. The zero-order valence-corrected chi connectivity index (χ0v) is 6.04. The second-order valence-electron chi connectivity index (χ2n) is 2.58. The molecule has 0 amide bonds. The van der Waals surface area contributed by atoms with Gasteiger partial charge in [-0.2, -0.15) is 0 Å². The van der Waals surface area contributed by atoms with Crippen LogP contribution in [0.4, 0.5) is 0 Å². The average Bonchev–Trinajstić information content (AvgIpc) is 2.35. The number of hydrogen-bond donors (Lipinski definition) is 1. The van der Waals surface area contributed by atoms with Crippen LogP contribution in [0.2, 0.25) is 0 Å². The number of aromatic nitrogens is 4. The third-order valence-corrected chi connectivity index (χ3v) is 1.87. The first kappa shape index (κ1) is 7.17. The summed E-state index contributed by atoms with van der Waals surface area (Å²) >= 11 is 0. The van der Waals surface area contributed by atoms with Gasteiger partial charge in [-0.3, -0.25) is 0 Å². The Morgan fingerprint density at radius 1 is 1.67 bits per heavy atom. The van der Waals surface area contributed by atoms with Gasteiger partial charge >= 0.3 is 5.97 Å². The molecule has 1 fully saturated rings. The van der Waals surface area contributed by atoms with Crippen LogP contribution in [-0.2, 0) is 15.1 Å². The maximum atomic E-state index is 10.8. The lowest BCUT2D eigenvalue weighted by Gasteiger charge is -2.36. The van der Waals surface area contributed by atoms with Crippen molar-refractivity contribution in [2.24, 2.45) is 0 Å². The van der Waals surface area contributed by atoms with Crippen LogP contribution >= 0.6 is 0 Å². The average molecular weight is 170 g/mol. The van der Waals surface area contributed by atoms with E-state index in [2.05, 4.69) is 15.5 Å². The number of aliphatic carboxylic acids is 1. The molecule has 1 aromatic rings. The Morgan fingerprint density at radius 3 is 2.75 bits per heavy atom. The molecule has 1 aromatic heterocycles. The summed E-state index contributed by atoms with van der Waals surface area (Å²) < 4.78 is 6.03. The maximum absolute atomic E-state index is 10.8. The summed E-state index contributed by atoms with van der Waals surface area (Å²) in [4.78, 5) is 10.8. The number of rotatable bonds is 2. The van der Waals surface area contributed by atoms with Gasteiger partial charge in [0.2, 0.25) is 5.54 Å². The molecule has 0 radical (unpaired) electrons. The first-order chi connectivity index (χ1) is 5.76. The minimum Gasteiger partial charge on any atom is -0.479 e. The number of nitrogens with zero attached hydrogens (tertiary/aromatic N) is 4. The van der Waals surface area contributed by atoms with Crippen LogP contribution in [-0.4, -0.2) is 44.5 Å². The molecule has 0 atom stereocenters. The summed E-state index contributed by atoms with van der Waals surface area (Å²) in [6.45, 7) is 0.237. The minimum atomic E-state index is -1.08. The molecule has 1 aliphatic rings. The third-order valence-electron chi connectivity index (χ3n) is 1.87. The van der Waals surface area contributed by atoms with Crippen molar-refractivity contribution in [2.75, 3.05) is 13.2 Å². The SMILES string of the molecule is O=C(O)C1(n2cnnn2)COC1. The predicted octanol–water partition coefficient (Wildman–Crippen LogP) is -1.52. The lowest BCUT2D eigenvalue weighted by atomic mass is 9.98. The third kappa shape index (κ3) is 0.735. The van der Waals surface area contributed by atoms with Gasteiger partial charge in [0.05, 0.1) is 13.2 Å². The van der Waals surface area contributed by atoms with E-state index in [0.717, 1.165) is 0 Å². The van der Waals surface area contributed by atoms with Crippen molar-refractivity contribution >= 4 is 5.97 Å². The molecule has 0 spiro atoms. The Hall–Kier alpha value is -1.50. The normalized spacial score (nSPS) is 20.0. The Bertz CT molecular complexity index is 292. The standard InChI is InChI=1S/C5H6N4O3/c10-4(11)5(1-12-2-5)9-3-6-7-8-9/h3H,1-2H2,(H,10,11). The molecule has 7 nitrogen and oxygen atoms in total. The van der Waals surface area contributed by atoms with Crippen LogP contribution in [0.15, 0.2) is 6.33 Å². The maximum Gasteiger partial charge on any atom is 0.336 e. The van der Waals surface area contributed by atoms with Gasteiger partial charge < -0.3 is 9.84 Å². The molecule has 1 aliphatic heterocycles. The lowest BCUT2D eigenvalue weighted by molar-refractivity contribution is -0.176. The van der Waals surface area contributed by atoms with Crippen LogP contribution in [0.25, 0.3) is 0 Å². The molecule has 0 aliphatic carbocycles. The van der Waals surface area contributed by atoms with Crippen molar-refractivity contribution in [3.63, 3.8) is 0 Å². The smallest absolute Gasteiger partial charge is 0.336 e. The van der Waals surface area contributed by atoms with Crippen molar-refractivity contribution in [2.45, 2.75) is 5.54 Å². The second kappa shape index (κ2) is 2.24. The van der Waals surface area contributed by atoms with Gasteiger partial charge in [0, 0.05) is 0 Å². The van der Waals surface area contributed by atoms with Crippen LogP contribution in [0, 0.1) is 0 Å². The molecule has 64 valence electrons. The molecule has 7 heteroatoms. The number of carbonyl (C=O) groups is 1. The second-order valence-corrected chi connectivity index (χ2v) is 2.58. The Labute approximate surface area is 66.9 Å². The molecule has 2 rings (SSSR count).